The van der Waals surface area contributed by atoms with E-state index in [-0.39, 0.29) is 11.7 Å². The van der Waals surface area contributed by atoms with Crippen molar-refractivity contribution < 1.29 is 4.79 Å². The predicted octanol–water partition coefficient (Wildman–Crippen LogP) is 3.89. The molecule has 2 aromatic carbocycles. The molecular formula is C17H11ClN4OS. The van der Waals surface area contributed by atoms with Crippen LogP contribution in [-0.2, 0) is 4.79 Å². The van der Waals surface area contributed by atoms with Gasteiger partial charge in [-0.2, -0.15) is 5.26 Å². The first-order valence-corrected chi connectivity index (χ1v) is 8.36. The Kier molecular flexibility index (Phi) is 4.94. The van der Waals surface area contributed by atoms with E-state index in [1.807, 2.05) is 30.3 Å². The topological polar surface area (TPSA) is 78.7 Å². The highest BCUT2D eigenvalue weighted by Gasteiger charge is 2.10. The van der Waals surface area contributed by atoms with Crippen LogP contribution in [-0.4, -0.2) is 21.6 Å². The summed E-state index contributed by atoms with van der Waals surface area (Å²) in [6.45, 7) is 0. The van der Waals surface area contributed by atoms with Gasteiger partial charge < -0.3 is 5.32 Å². The molecule has 0 fully saturated rings. The molecule has 0 aliphatic carbocycles. The summed E-state index contributed by atoms with van der Waals surface area (Å²) in [4.78, 5) is 20.6. The number of hydrogen-bond donors (Lipinski definition) is 1. The van der Waals surface area contributed by atoms with Gasteiger partial charge in [-0.3, -0.25) is 4.79 Å². The van der Waals surface area contributed by atoms with Crippen LogP contribution in [0.15, 0.2) is 53.8 Å². The lowest BCUT2D eigenvalue weighted by atomic mass is 10.2. The van der Waals surface area contributed by atoms with Gasteiger partial charge in [0, 0.05) is 10.4 Å². The number of carbonyl (C=O) groups is 1. The minimum atomic E-state index is -0.235. The highest BCUT2D eigenvalue weighted by molar-refractivity contribution is 8.00. The van der Waals surface area contributed by atoms with Gasteiger partial charge in [-0.25, -0.2) is 9.97 Å². The molecule has 0 aliphatic rings. The van der Waals surface area contributed by atoms with Gasteiger partial charge >= 0.3 is 0 Å². The Morgan fingerprint density at radius 2 is 2.08 bits per heavy atom. The minimum absolute atomic E-state index is 0.165. The van der Waals surface area contributed by atoms with E-state index in [9.17, 15) is 4.79 Å². The number of carbonyl (C=O) groups excluding carboxylic acids is 1. The summed E-state index contributed by atoms with van der Waals surface area (Å²) >= 11 is 7.23. The first-order chi connectivity index (χ1) is 11.7. The lowest BCUT2D eigenvalue weighted by molar-refractivity contribution is -0.113. The summed E-state index contributed by atoms with van der Waals surface area (Å²) < 4.78 is 0. The van der Waals surface area contributed by atoms with Crippen LogP contribution in [0.3, 0.4) is 0 Å². The third kappa shape index (κ3) is 3.65. The van der Waals surface area contributed by atoms with Gasteiger partial charge in [-0.1, -0.05) is 41.6 Å². The molecule has 0 spiro atoms. The average molecular weight is 355 g/mol. The molecule has 3 rings (SSSR count). The second kappa shape index (κ2) is 7.30. The van der Waals surface area contributed by atoms with E-state index in [2.05, 4.69) is 15.3 Å². The first-order valence-electron chi connectivity index (χ1n) is 6.99. The molecule has 118 valence electrons. The SMILES string of the molecule is N#Cc1ccc(Cl)cc1NC(=O)CSc1ncnc2ccccc12. The summed E-state index contributed by atoms with van der Waals surface area (Å²) in [5, 5.41) is 13.9. The van der Waals surface area contributed by atoms with Crippen LogP contribution in [0.1, 0.15) is 5.56 Å². The number of fused-ring (bicyclic) bond motifs is 1. The zero-order valence-corrected chi connectivity index (χ0v) is 13.9. The molecule has 0 aliphatic heterocycles. The zero-order chi connectivity index (χ0) is 16.9. The molecule has 0 radical (unpaired) electrons. The van der Waals surface area contributed by atoms with Crippen molar-refractivity contribution in [3.05, 3.63) is 59.4 Å². The fourth-order valence-electron chi connectivity index (χ4n) is 2.13. The van der Waals surface area contributed by atoms with E-state index < -0.39 is 0 Å². The maximum Gasteiger partial charge on any atom is 0.234 e. The van der Waals surface area contributed by atoms with Crippen LogP contribution in [0, 0.1) is 11.3 Å². The fraction of sp³-hybridized carbons (Fsp3) is 0.0588. The molecule has 3 aromatic rings. The van der Waals surface area contributed by atoms with Gasteiger partial charge in [0.1, 0.15) is 17.4 Å². The minimum Gasteiger partial charge on any atom is -0.324 e. The molecular weight excluding hydrogens is 344 g/mol. The Labute approximate surface area is 147 Å². The van der Waals surface area contributed by atoms with Gasteiger partial charge in [0.15, 0.2) is 0 Å². The number of hydrogen-bond acceptors (Lipinski definition) is 5. The Balaban J connectivity index is 1.72. The molecule has 0 bridgehead atoms. The second-order valence-electron chi connectivity index (χ2n) is 4.83. The summed E-state index contributed by atoms with van der Waals surface area (Å²) in [7, 11) is 0. The largest absolute Gasteiger partial charge is 0.324 e. The quantitative estimate of drug-likeness (QED) is 0.568. The molecule has 0 atom stereocenters. The van der Waals surface area contributed by atoms with Gasteiger partial charge in [0.05, 0.1) is 22.5 Å². The van der Waals surface area contributed by atoms with Gasteiger partial charge in [0.25, 0.3) is 0 Å². The van der Waals surface area contributed by atoms with E-state index in [0.717, 1.165) is 15.9 Å². The van der Waals surface area contributed by atoms with Crippen LogP contribution in [0.25, 0.3) is 10.9 Å². The number of anilines is 1. The monoisotopic (exact) mass is 354 g/mol. The van der Waals surface area contributed by atoms with Crippen LogP contribution in [0.5, 0.6) is 0 Å². The van der Waals surface area contributed by atoms with Crippen molar-refractivity contribution >= 4 is 45.9 Å². The summed E-state index contributed by atoms with van der Waals surface area (Å²) in [5.41, 5.74) is 1.60. The normalized spacial score (nSPS) is 10.3. The van der Waals surface area contributed by atoms with Crippen molar-refractivity contribution in [2.24, 2.45) is 0 Å². The Bertz CT molecular complexity index is 949. The first kappa shape index (κ1) is 16.2. The number of rotatable bonds is 4. The smallest absolute Gasteiger partial charge is 0.234 e. The molecule has 24 heavy (non-hydrogen) atoms. The van der Waals surface area contributed by atoms with Crippen molar-refractivity contribution in [2.75, 3.05) is 11.1 Å². The number of benzene rings is 2. The van der Waals surface area contributed by atoms with Crippen LogP contribution in [0.4, 0.5) is 5.69 Å². The standard InChI is InChI=1S/C17H11ClN4OS/c18-12-6-5-11(8-19)15(7-12)22-16(23)9-24-17-13-3-1-2-4-14(13)20-10-21-17/h1-7,10H,9H2,(H,22,23). The molecule has 0 unspecified atom stereocenters. The number of nitrogens with zero attached hydrogens (tertiary/aromatic N) is 3. The molecule has 1 heterocycles. The maximum atomic E-state index is 12.2. The number of nitriles is 1. The van der Waals surface area contributed by atoms with Crippen molar-refractivity contribution in [2.45, 2.75) is 5.03 Å². The maximum absolute atomic E-state index is 12.2. The van der Waals surface area contributed by atoms with Gasteiger partial charge in [0.2, 0.25) is 5.91 Å². The van der Waals surface area contributed by atoms with Crippen LogP contribution >= 0.6 is 23.4 Å². The number of thioether (sulfide) groups is 1. The number of amides is 1. The van der Waals surface area contributed by atoms with E-state index in [4.69, 9.17) is 16.9 Å². The molecule has 1 aromatic heterocycles. The highest BCUT2D eigenvalue weighted by Crippen LogP contribution is 2.25. The van der Waals surface area contributed by atoms with Crippen molar-refractivity contribution in [1.29, 1.82) is 5.26 Å². The van der Waals surface area contributed by atoms with E-state index in [0.29, 0.717) is 16.3 Å². The third-order valence-corrected chi connectivity index (χ3v) is 4.46. The third-order valence-electron chi connectivity index (χ3n) is 3.22. The highest BCUT2D eigenvalue weighted by atomic mass is 35.5. The van der Waals surface area contributed by atoms with Gasteiger partial charge in [-0.15, -0.1) is 0 Å². The summed E-state index contributed by atoms with van der Waals surface area (Å²) in [5.74, 6) is -0.0697. The molecule has 7 heteroatoms. The Morgan fingerprint density at radius 1 is 1.25 bits per heavy atom. The van der Waals surface area contributed by atoms with Crippen LogP contribution in [0.2, 0.25) is 5.02 Å². The lowest BCUT2D eigenvalue weighted by Gasteiger charge is -2.08. The Morgan fingerprint density at radius 3 is 2.92 bits per heavy atom. The Hall–Kier alpha value is -2.62. The predicted molar refractivity (Wildman–Crippen MR) is 95.1 cm³/mol. The van der Waals surface area contributed by atoms with E-state index in [1.165, 1.54) is 18.1 Å². The van der Waals surface area contributed by atoms with Crippen molar-refractivity contribution in [3.63, 3.8) is 0 Å². The number of halogens is 1. The average Bonchev–Trinajstić information content (AvgIpc) is 2.60. The molecule has 1 N–H and O–H groups in total. The van der Waals surface area contributed by atoms with Crippen molar-refractivity contribution in [3.8, 4) is 6.07 Å². The van der Waals surface area contributed by atoms with Crippen LogP contribution < -0.4 is 5.32 Å². The second-order valence-corrected chi connectivity index (χ2v) is 6.24. The summed E-state index contributed by atoms with van der Waals surface area (Å²) in [6, 6.07) is 14.4. The molecule has 1 amide bonds. The van der Waals surface area contributed by atoms with Gasteiger partial charge in [-0.05, 0) is 24.3 Å². The summed E-state index contributed by atoms with van der Waals surface area (Å²) in [6.07, 6.45) is 1.48. The zero-order valence-electron chi connectivity index (χ0n) is 12.4. The van der Waals surface area contributed by atoms with E-state index in [1.54, 1.807) is 18.2 Å². The number of nitrogens with one attached hydrogen (secondary N) is 1. The van der Waals surface area contributed by atoms with E-state index >= 15 is 0 Å². The fourth-order valence-corrected chi connectivity index (χ4v) is 3.09. The number of para-hydroxylation sites is 1. The molecule has 0 saturated carbocycles. The molecule has 5 nitrogen and oxygen atoms in total. The van der Waals surface area contributed by atoms with Crippen molar-refractivity contribution in [1.82, 2.24) is 9.97 Å². The number of aromatic nitrogens is 2. The molecule has 0 saturated heterocycles. The lowest BCUT2D eigenvalue weighted by Crippen LogP contribution is -2.15.